The molecular formula is C13H15N5S. The molecule has 3 heterocycles. The highest BCUT2D eigenvalue weighted by Crippen LogP contribution is 2.25. The molecule has 0 unspecified atom stereocenters. The van der Waals surface area contributed by atoms with Crippen LogP contribution in [0.4, 0.5) is 5.82 Å². The molecule has 98 valence electrons. The van der Waals surface area contributed by atoms with Gasteiger partial charge in [-0.05, 0) is 31.4 Å². The molecule has 3 aromatic rings. The molecule has 0 aliphatic carbocycles. The van der Waals surface area contributed by atoms with Gasteiger partial charge in [0.05, 0.1) is 11.4 Å². The highest BCUT2D eigenvalue weighted by Gasteiger charge is 2.16. The summed E-state index contributed by atoms with van der Waals surface area (Å²) in [6, 6.07) is 4.45. The molecule has 0 radical (unpaired) electrons. The Balaban J connectivity index is 1.83. The molecule has 0 aromatic carbocycles. The summed E-state index contributed by atoms with van der Waals surface area (Å²) in [5.74, 6) is 0.887. The summed E-state index contributed by atoms with van der Waals surface area (Å²) >= 11 is 1.63. The molecule has 5 nitrogen and oxygen atoms in total. The van der Waals surface area contributed by atoms with E-state index in [9.17, 15) is 0 Å². The van der Waals surface area contributed by atoms with Crippen LogP contribution in [0.2, 0.25) is 0 Å². The summed E-state index contributed by atoms with van der Waals surface area (Å²) in [6.07, 6.45) is 5.38. The number of fused-ring (bicyclic) bond motifs is 1. The third kappa shape index (κ3) is 2.31. The van der Waals surface area contributed by atoms with Gasteiger partial charge in [0.1, 0.15) is 17.0 Å². The average Bonchev–Trinajstić information content (AvgIpc) is 3.09. The fourth-order valence-corrected chi connectivity index (χ4v) is 2.72. The van der Waals surface area contributed by atoms with E-state index in [1.807, 2.05) is 28.4 Å². The Morgan fingerprint density at radius 3 is 3.00 bits per heavy atom. The van der Waals surface area contributed by atoms with E-state index in [2.05, 4.69) is 34.2 Å². The molecular weight excluding hydrogens is 258 g/mol. The zero-order chi connectivity index (χ0) is 13.2. The van der Waals surface area contributed by atoms with Gasteiger partial charge in [0.15, 0.2) is 0 Å². The van der Waals surface area contributed by atoms with Crippen molar-refractivity contribution in [3.8, 4) is 0 Å². The normalized spacial score (nSPS) is 14.4. The van der Waals surface area contributed by atoms with Gasteiger partial charge in [0.25, 0.3) is 0 Å². The minimum atomic E-state index is 0.220. The monoisotopic (exact) mass is 273 g/mol. The number of aromatic nitrogens is 4. The van der Waals surface area contributed by atoms with Crippen LogP contribution in [0.5, 0.6) is 0 Å². The Hall–Kier alpha value is -1.95. The first kappa shape index (κ1) is 12.1. The Kier molecular flexibility index (Phi) is 3.16. The first-order valence-electron chi connectivity index (χ1n) is 6.19. The van der Waals surface area contributed by atoms with Gasteiger partial charge in [-0.1, -0.05) is 0 Å². The Morgan fingerprint density at radius 1 is 1.32 bits per heavy atom. The molecule has 19 heavy (non-hydrogen) atoms. The maximum atomic E-state index is 4.34. The second-order valence-corrected chi connectivity index (χ2v) is 5.42. The first-order valence-corrected chi connectivity index (χ1v) is 7.07. The standard InChI is InChI=1S/C13H15N5S/c1-9(10(2)18-6-3-5-16-18)17-12-11-4-7-19-13(11)15-8-14-12/h3-10H,1-2H3,(H,14,15,17)/t9-,10-/m0/s1. The molecule has 1 N–H and O–H groups in total. The van der Waals surface area contributed by atoms with Crippen LogP contribution in [0.15, 0.2) is 36.2 Å². The third-order valence-electron chi connectivity index (χ3n) is 3.29. The van der Waals surface area contributed by atoms with Gasteiger partial charge in [-0.15, -0.1) is 11.3 Å². The molecule has 0 aliphatic heterocycles. The van der Waals surface area contributed by atoms with Crippen molar-refractivity contribution in [1.29, 1.82) is 0 Å². The zero-order valence-electron chi connectivity index (χ0n) is 10.8. The van der Waals surface area contributed by atoms with Gasteiger partial charge in [-0.3, -0.25) is 4.68 Å². The largest absolute Gasteiger partial charge is 0.365 e. The van der Waals surface area contributed by atoms with E-state index in [0.29, 0.717) is 0 Å². The molecule has 0 saturated heterocycles. The lowest BCUT2D eigenvalue weighted by molar-refractivity contribution is 0.443. The zero-order valence-corrected chi connectivity index (χ0v) is 11.6. The van der Waals surface area contributed by atoms with Crippen LogP contribution in [-0.4, -0.2) is 25.8 Å². The molecule has 0 fully saturated rings. The van der Waals surface area contributed by atoms with Crippen molar-refractivity contribution >= 4 is 27.4 Å². The predicted molar refractivity (Wildman–Crippen MR) is 77.4 cm³/mol. The lowest BCUT2D eigenvalue weighted by Gasteiger charge is -2.22. The highest BCUT2D eigenvalue weighted by atomic mass is 32.1. The van der Waals surface area contributed by atoms with E-state index in [0.717, 1.165) is 16.0 Å². The Bertz CT molecular complexity index is 661. The second-order valence-electron chi connectivity index (χ2n) is 4.52. The summed E-state index contributed by atoms with van der Waals surface area (Å²) in [4.78, 5) is 9.60. The van der Waals surface area contributed by atoms with Crippen molar-refractivity contribution in [3.05, 3.63) is 36.2 Å². The van der Waals surface area contributed by atoms with Crippen molar-refractivity contribution in [2.45, 2.75) is 25.9 Å². The van der Waals surface area contributed by atoms with Gasteiger partial charge in [-0.2, -0.15) is 5.10 Å². The van der Waals surface area contributed by atoms with E-state index >= 15 is 0 Å². The average molecular weight is 273 g/mol. The molecule has 0 spiro atoms. The van der Waals surface area contributed by atoms with Crippen molar-refractivity contribution in [2.75, 3.05) is 5.32 Å². The number of hydrogen-bond donors (Lipinski definition) is 1. The van der Waals surface area contributed by atoms with E-state index in [1.165, 1.54) is 0 Å². The van der Waals surface area contributed by atoms with Gasteiger partial charge < -0.3 is 5.32 Å². The van der Waals surface area contributed by atoms with Gasteiger partial charge in [0, 0.05) is 18.4 Å². The number of rotatable bonds is 4. The van der Waals surface area contributed by atoms with Crippen LogP contribution in [0.1, 0.15) is 19.9 Å². The third-order valence-corrected chi connectivity index (χ3v) is 4.11. The number of nitrogens with zero attached hydrogens (tertiary/aromatic N) is 4. The molecule has 3 rings (SSSR count). The van der Waals surface area contributed by atoms with E-state index in [-0.39, 0.29) is 12.1 Å². The van der Waals surface area contributed by atoms with Crippen molar-refractivity contribution < 1.29 is 0 Å². The summed E-state index contributed by atoms with van der Waals surface area (Å²) < 4.78 is 1.95. The van der Waals surface area contributed by atoms with E-state index in [1.54, 1.807) is 23.9 Å². The Morgan fingerprint density at radius 2 is 2.21 bits per heavy atom. The number of hydrogen-bond acceptors (Lipinski definition) is 5. The lowest BCUT2D eigenvalue weighted by atomic mass is 10.1. The SMILES string of the molecule is C[C@H](Nc1ncnc2sccc12)[C@H](C)n1cccn1. The number of thiophene rings is 1. The topological polar surface area (TPSA) is 55.6 Å². The van der Waals surface area contributed by atoms with Crippen molar-refractivity contribution in [2.24, 2.45) is 0 Å². The van der Waals surface area contributed by atoms with Crippen molar-refractivity contribution in [1.82, 2.24) is 19.7 Å². The predicted octanol–water partition coefficient (Wildman–Crippen LogP) is 2.95. The Labute approximate surface area is 115 Å². The van der Waals surface area contributed by atoms with Crippen LogP contribution in [0, 0.1) is 0 Å². The van der Waals surface area contributed by atoms with Crippen LogP contribution < -0.4 is 5.32 Å². The molecule has 0 aliphatic rings. The molecule has 0 saturated carbocycles. The molecule has 0 bridgehead atoms. The summed E-state index contributed by atoms with van der Waals surface area (Å²) in [5.41, 5.74) is 0. The van der Waals surface area contributed by atoms with E-state index in [4.69, 9.17) is 0 Å². The van der Waals surface area contributed by atoms with Crippen LogP contribution in [0.25, 0.3) is 10.2 Å². The lowest BCUT2D eigenvalue weighted by Crippen LogP contribution is -2.27. The van der Waals surface area contributed by atoms with Crippen LogP contribution in [-0.2, 0) is 0 Å². The second kappa shape index (κ2) is 4.97. The first-order chi connectivity index (χ1) is 9.25. The molecule has 6 heteroatoms. The van der Waals surface area contributed by atoms with Crippen LogP contribution in [0.3, 0.4) is 0 Å². The van der Waals surface area contributed by atoms with Crippen molar-refractivity contribution in [3.63, 3.8) is 0 Å². The van der Waals surface area contributed by atoms with Gasteiger partial charge in [0.2, 0.25) is 0 Å². The maximum Gasteiger partial charge on any atom is 0.138 e. The smallest absolute Gasteiger partial charge is 0.138 e. The highest BCUT2D eigenvalue weighted by molar-refractivity contribution is 7.16. The van der Waals surface area contributed by atoms with E-state index < -0.39 is 0 Å². The fraction of sp³-hybridized carbons (Fsp3) is 0.308. The number of anilines is 1. The summed E-state index contributed by atoms with van der Waals surface area (Å²) in [5, 5.41) is 10.8. The summed E-state index contributed by atoms with van der Waals surface area (Å²) in [7, 11) is 0. The quantitative estimate of drug-likeness (QED) is 0.794. The molecule has 3 aromatic heterocycles. The maximum absolute atomic E-state index is 4.34. The summed E-state index contributed by atoms with van der Waals surface area (Å²) in [6.45, 7) is 4.27. The molecule has 0 amide bonds. The van der Waals surface area contributed by atoms with Gasteiger partial charge >= 0.3 is 0 Å². The minimum Gasteiger partial charge on any atom is -0.365 e. The van der Waals surface area contributed by atoms with Gasteiger partial charge in [-0.25, -0.2) is 9.97 Å². The minimum absolute atomic E-state index is 0.220. The van der Waals surface area contributed by atoms with Crippen LogP contribution >= 0.6 is 11.3 Å². The number of nitrogens with one attached hydrogen (secondary N) is 1. The fourth-order valence-electron chi connectivity index (χ4n) is 1.99. The molecule has 2 atom stereocenters.